The summed E-state index contributed by atoms with van der Waals surface area (Å²) >= 11 is 1.50. The number of ether oxygens (including phenoxy) is 1. The molecule has 4 rings (SSSR count). The number of hydrogen-bond acceptors (Lipinski definition) is 4. The third-order valence-corrected chi connectivity index (χ3v) is 6.49. The zero-order chi connectivity index (χ0) is 18.1. The molecule has 0 spiro atoms. The Morgan fingerprint density at radius 3 is 2.65 bits per heavy atom. The van der Waals surface area contributed by atoms with E-state index in [4.69, 9.17) is 4.74 Å². The van der Waals surface area contributed by atoms with Crippen LogP contribution in [0.3, 0.4) is 0 Å². The van der Waals surface area contributed by atoms with Crippen molar-refractivity contribution in [3.8, 4) is 10.4 Å². The van der Waals surface area contributed by atoms with E-state index < -0.39 is 11.5 Å². The predicted molar refractivity (Wildman–Crippen MR) is 99.7 cm³/mol. The molecule has 0 radical (unpaired) electrons. The Kier molecular flexibility index (Phi) is 4.54. The van der Waals surface area contributed by atoms with Crippen LogP contribution in [0.2, 0.25) is 0 Å². The molecule has 6 heteroatoms. The quantitative estimate of drug-likeness (QED) is 0.865. The number of nitrogens with one attached hydrogen (secondary N) is 1. The third-order valence-electron chi connectivity index (χ3n) is 5.28. The molecule has 0 bridgehead atoms. The molecule has 1 aliphatic heterocycles. The number of rotatable bonds is 4. The molecule has 2 aliphatic rings. The Bertz CT molecular complexity index is 851. The molecule has 5 nitrogen and oxygen atoms in total. The van der Waals surface area contributed by atoms with Gasteiger partial charge in [-0.1, -0.05) is 24.3 Å². The summed E-state index contributed by atoms with van der Waals surface area (Å²) in [6, 6.07) is 10.3. The van der Waals surface area contributed by atoms with E-state index in [1.54, 1.807) is 0 Å². The van der Waals surface area contributed by atoms with E-state index >= 15 is 0 Å². The number of carbonyl (C=O) groups is 2. The minimum atomic E-state index is -0.897. The molecular formula is C20H21NO4S. The first-order chi connectivity index (χ1) is 12.6. The molecule has 0 atom stereocenters. The summed E-state index contributed by atoms with van der Waals surface area (Å²) in [6.07, 6.45) is 2.90. The van der Waals surface area contributed by atoms with Gasteiger partial charge in [0.1, 0.15) is 0 Å². The van der Waals surface area contributed by atoms with Crippen LogP contribution in [0.1, 0.15) is 40.1 Å². The summed E-state index contributed by atoms with van der Waals surface area (Å²) in [5, 5.41) is 12.3. The fraction of sp³-hybridized carbons (Fsp3) is 0.400. The van der Waals surface area contributed by atoms with Crippen LogP contribution < -0.4 is 5.32 Å². The van der Waals surface area contributed by atoms with Crippen molar-refractivity contribution < 1.29 is 19.4 Å². The smallest absolute Gasteiger partial charge is 0.305 e. The molecule has 2 N–H and O–H groups in total. The SMILES string of the molecule is O=C(O)CC1(NC(=O)c2cc3c(s2)-c2ccccc2CC3)CCOCC1. The van der Waals surface area contributed by atoms with Crippen molar-refractivity contribution >= 4 is 23.2 Å². The Labute approximate surface area is 156 Å². The van der Waals surface area contributed by atoms with Gasteiger partial charge in [0.15, 0.2) is 0 Å². The lowest BCUT2D eigenvalue weighted by Crippen LogP contribution is -2.53. The van der Waals surface area contributed by atoms with Gasteiger partial charge in [-0.2, -0.15) is 0 Å². The Hall–Kier alpha value is -2.18. The lowest BCUT2D eigenvalue weighted by atomic mass is 9.86. The summed E-state index contributed by atoms with van der Waals surface area (Å²) < 4.78 is 5.36. The Morgan fingerprint density at radius 2 is 1.88 bits per heavy atom. The summed E-state index contributed by atoms with van der Waals surface area (Å²) in [5.41, 5.74) is 3.02. The average molecular weight is 371 g/mol. The highest BCUT2D eigenvalue weighted by molar-refractivity contribution is 7.17. The predicted octanol–water partition coefficient (Wildman–Crippen LogP) is 3.27. The molecule has 1 amide bonds. The maximum Gasteiger partial charge on any atom is 0.305 e. The molecule has 0 unspecified atom stereocenters. The number of fused-ring (bicyclic) bond motifs is 3. The highest BCUT2D eigenvalue weighted by Crippen LogP contribution is 2.39. The van der Waals surface area contributed by atoms with Crippen LogP contribution in [0.15, 0.2) is 30.3 Å². The second kappa shape index (κ2) is 6.85. The first-order valence-electron chi connectivity index (χ1n) is 8.89. The highest BCUT2D eigenvalue weighted by Gasteiger charge is 2.37. The van der Waals surface area contributed by atoms with E-state index in [1.807, 2.05) is 18.2 Å². The number of amides is 1. The fourth-order valence-electron chi connectivity index (χ4n) is 3.88. The first kappa shape index (κ1) is 17.2. The lowest BCUT2D eigenvalue weighted by Gasteiger charge is -2.36. The van der Waals surface area contributed by atoms with Crippen LogP contribution in [-0.2, 0) is 22.4 Å². The van der Waals surface area contributed by atoms with Crippen molar-refractivity contribution in [2.75, 3.05) is 13.2 Å². The van der Waals surface area contributed by atoms with E-state index in [0.717, 1.165) is 17.7 Å². The van der Waals surface area contributed by atoms with Gasteiger partial charge in [0.25, 0.3) is 5.91 Å². The summed E-state index contributed by atoms with van der Waals surface area (Å²) in [7, 11) is 0. The van der Waals surface area contributed by atoms with Gasteiger partial charge in [0.2, 0.25) is 0 Å². The molecule has 0 saturated carbocycles. The molecule has 1 fully saturated rings. The fourth-order valence-corrected chi connectivity index (χ4v) is 5.05. The number of carbonyl (C=O) groups excluding carboxylic acids is 1. The van der Waals surface area contributed by atoms with Gasteiger partial charge in [-0.15, -0.1) is 11.3 Å². The standard InChI is InChI=1S/C20H21NO4S/c22-17(23)12-20(7-9-25-10-8-20)21-19(24)16-11-14-6-5-13-3-1-2-4-15(13)18(14)26-16/h1-4,11H,5-10,12H2,(H,21,24)(H,22,23). The molecule has 1 aromatic heterocycles. The molecule has 1 aliphatic carbocycles. The summed E-state index contributed by atoms with van der Waals surface area (Å²) in [6.45, 7) is 0.948. The normalized spacial score (nSPS) is 17.8. The van der Waals surface area contributed by atoms with E-state index in [-0.39, 0.29) is 12.3 Å². The van der Waals surface area contributed by atoms with Crippen molar-refractivity contribution in [1.82, 2.24) is 5.32 Å². The van der Waals surface area contributed by atoms with Crippen molar-refractivity contribution in [3.63, 3.8) is 0 Å². The molecule has 2 aromatic rings. The second-order valence-corrected chi connectivity index (χ2v) is 8.09. The van der Waals surface area contributed by atoms with Crippen LogP contribution >= 0.6 is 11.3 Å². The van der Waals surface area contributed by atoms with Gasteiger partial charge in [0.05, 0.1) is 16.8 Å². The number of thiophene rings is 1. The van der Waals surface area contributed by atoms with Crippen LogP contribution in [0.5, 0.6) is 0 Å². The zero-order valence-electron chi connectivity index (χ0n) is 14.4. The summed E-state index contributed by atoms with van der Waals surface area (Å²) in [4.78, 5) is 26.0. The lowest BCUT2D eigenvalue weighted by molar-refractivity contribution is -0.139. The van der Waals surface area contributed by atoms with E-state index in [2.05, 4.69) is 17.4 Å². The number of aryl methyl sites for hydroxylation is 2. The van der Waals surface area contributed by atoms with Crippen LogP contribution in [-0.4, -0.2) is 35.7 Å². The number of carboxylic acids is 1. The molecule has 136 valence electrons. The number of hydrogen-bond donors (Lipinski definition) is 2. The van der Waals surface area contributed by atoms with Gasteiger partial charge in [-0.25, -0.2) is 0 Å². The van der Waals surface area contributed by atoms with Crippen LogP contribution in [0.4, 0.5) is 0 Å². The van der Waals surface area contributed by atoms with E-state index in [9.17, 15) is 14.7 Å². The number of carboxylic acid groups (broad SMARTS) is 1. The molecule has 2 heterocycles. The third kappa shape index (κ3) is 3.27. The van der Waals surface area contributed by atoms with Crippen molar-refractivity contribution in [1.29, 1.82) is 0 Å². The molecule has 1 aromatic carbocycles. The molecule has 26 heavy (non-hydrogen) atoms. The topological polar surface area (TPSA) is 75.6 Å². The van der Waals surface area contributed by atoms with E-state index in [1.165, 1.54) is 28.0 Å². The number of benzene rings is 1. The van der Waals surface area contributed by atoms with Gasteiger partial charge in [-0.05, 0) is 48.4 Å². The largest absolute Gasteiger partial charge is 0.481 e. The van der Waals surface area contributed by atoms with Crippen molar-refractivity contribution in [2.45, 2.75) is 37.6 Å². The van der Waals surface area contributed by atoms with Crippen molar-refractivity contribution in [2.24, 2.45) is 0 Å². The van der Waals surface area contributed by atoms with Gasteiger partial charge in [-0.3, -0.25) is 9.59 Å². The average Bonchev–Trinajstić information content (AvgIpc) is 3.06. The van der Waals surface area contributed by atoms with Gasteiger partial charge in [0, 0.05) is 18.1 Å². The van der Waals surface area contributed by atoms with E-state index in [0.29, 0.717) is 30.9 Å². The minimum absolute atomic E-state index is 0.0734. The first-order valence-corrected chi connectivity index (χ1v) is 9.71. The van der Waals surface area contributed by atoms with Crippen molar-refractivity contribution in [3.05, 3.63) is 46.3 Å². The summed E-state index contributed by atoms with van der Waals surface area (Å²) in [5.74, 6) is -1.07. The minimum Gasteiger partial charge on any atom is -0.481 e. The van der Waals surface area contributed by atoms with Gasteiger partial charge >= 0.3 is 5.97 Å². The van der Waals surface area contributed by atoms with Crippen LogP contribution in [0, 0.1) is 0 Å². The zero-order valence-corrected chi connectivity index (χ0v) is 15.2. The monoisotopic (exact) mass is 371 g/mol. The maximum absolute atomic E-state index is 12.9. The maximum atomic E-state index is 12.9. The second-order valence-electron chi connectivity index (χ2n) is 7.04. The Morgan fingerprint density at radius 1 is 1.15 bits per heavy atom. The Balaban J connectivity index is 1.60. The molecular weight excluding hydrogens is 350 g/mol. The molecule has 1 saturated heterocycles. The van der Waals surface area contributed by atoms with Crippen LogP contribution in [0.25, 0.3) is 10.4 Å². The number of aliphatic carboxylic acids is 1. The van der Waals surface area contributed by atoms with Gasteiger partial charge < -0.3 is 15.2 Å². The highest BCUT2D eigenvalue weighted by atomic mass is 32.1.